The predicted molar refractivity (Wildman–Crippen MR) is 113 cm³/mol. The molecule has 0 radical (unpaired) electrons. The van der Waals surface area contributed by atoms with Crippen LogP contribution in [-0.4, -0.2) is 48.9 Å². The molecule has 1 fully saturated rings. The Hall–Kier alpha value is -3.74. The molecule has 1 amide bonds. The van der Waals surface area contributed by atoms with Crippen LogP contribution in [0.4, 0.5) is 0 Å². The zero-order valence-electron chi connectivity index (χ0n) is 16.5. The zero-order valence-corrected chi connectivity index (χ0v) is 16.5. The van der Waals surface area contributed by atoms with Crippen molar-refractivity contribution in [3.8, 4) is 17.1 Å². The van der Waals surface area contributed by atoms with E-state index in [-0.39, 0.29) is 11.8 Å². The molecule has 5 rings (SSSR count). The van der Waals surface area contributed by atoms with Crippen LogP contribution < -0.4 is 0 Å². The maximum absolute atomic E-state index is 13.3. The molecule has 1 N–H and O–H groups in total. The van der Waals surface area contributed by atoms with Crippen molar-refractivity contribution in [3.05, 3.63) is 84.4 Å². The van der Waals surface area contributed by atoms with Crippen molar-refractivity contribution in [2.75, 3.05) is 13.1 Å². The molecule has 1 unspecified atom stereocenters. The van der Waals surface area contributed by atoms with Gasteiger partial charge in [0.15, 0.2) is 5.82 Å². The van der Waals surface area contributed by atoms with Gasteiger partial charge >= 0.3 is 0 Å². The quantitative estimate of drug-likeness (QED) is 0.569. The fraction of sp³-hybridized carbons (Fsp3) is 0.217. The van der Waals surface area contributed by atoms with E-state index in [1.165, 1.54) is 0 Å². The maximum Gasteiger partial charge on any atom is 0.272 e. The molecule has 7 heteroatoms. The molecular formula is C23H22N6O. The van der Waals surface area contributed by atoms with E-state index in [9.17, 15) is 4.79 Å². The second kappa shape index (κ2) is 7.94. The van der Waals surface area contributed by atoms with E-state index < -0.39 is 0 Å². The second-order valence-electron chi connectivity index (χ2n) is 7.46. The minimum absolute atomic E-state index is 0.0103. The number of rotatable bonds is 4. The number of H-pyrrole nitrogens is 1. The van der Waals surface area contributed by atoms with Crippen LogP contribution in [0.15, 0.2) is 72.9 Å². The number of carbonyl (C=O) groups excluding carboxylic acids is 1. The first-order valence-electron chi connectivity index (χ1n) is 10.2. The molecule has 4 aromatic rings. The largest absolute Gasteiger partial charge is 0.337 e. The molecular weight excluding hydrogens is 376 g/mol. The van der Waals surface area contributed by atoms with Crippen LogP contribution >= 0.6 is 0 Å². The number of amides is 1. The third-order valence-corrected chi connectivity index (χ3v) is 5.49. The molecule has 1 aliphatic rings. The molecule has 2 aromatic carbocycles. The van der Waals surface area contributed by atoms with Gasteiger partial charge in [0.2, 0.25) is 0 Å². The first-order valence-corrected chi connectivity index (χ1v) is 10.2. The number of hydrogen-bond donors (Lipinski definition) is 1. The lowest BCUT2D eigenvalue weighted by Crippen LogP contribution is -2.40. The van der Waals surface area contributed by atoms with E-state index in [2.05, 4.69) is 15.3 Å². The number of nitrogens with zero attached hydrogens (tertiary/aromatic N) is 5. The normalized spacial score (nSPS) is 16.5. The van der Waals surface area contributed by atoms with Crippen LogP contribution in [0, 0.1) is 0 Å². The summed E-state index contributed by atoms with van der Waals surface area (Å²) in [6.07, 6.45) is 3.58. The third-order valence-electron chi connectivity index (χ3n) is 5.49. The number of likely N-dealkylation sites (tertiary alicyclic amines) is 1. The van der Waals surface area contributed by atoms with Crippen molar-refractivity contribution >= 4 is 5.91 Å². The second-order valence-corrected chi connectivity index (χ2v) is 7.46. The lowest BCUT2D eigenvalue weighted by Gasteiger charge is -2.31. The molecule has 1 saturated heterocycles. The van der Waals surface area contributed by atoms with E-state index in [1.807, 2.05) is 65.6 Å². The van der Waals surface area contributed by atoms with Crippen molar-refractivity contribution in [1.29, 1.82) is 0 Å². The van der Waals surface area contributed by atoms with Crippen molar-refractivity contribution in [2.45, 2.75) is 18.8 Å². The predicted octanol–water partition coefficient (Wildman–Crippen LogP) is 3.68. The van der Waals surface area contributed by atoms with Crippen molar-refractivity contribution < 1.29 is 4.79 Å². The summed E-state index contributed by atoms with van der Waals surface area (Å²) in [5.74, 6) is 1.66. The van der Waals surface area contributed by atoms with Gasteiger partial charge in [-0.25, -0.2) is 9.67 Å². The summed E-state index contributed by atoms with van der Waals surface area (Å²) in [5.41, 5.74) is 2.43. The minimum Gasteiger partial charge on any atom is -0.337 e. The molecule has 3 heterocycles. The number of benzene rings is 2. The number of nitrogens with one attached hydrogen (secondary N) is 1. The van der Waals surface area contributed by atoms with Crippen LogP contribution in [0.3, 0.4) is 0 Å². The molecule has 30 heavy (non-hydrogen) atoms. The van der Waals surface area contributed by atoms with E-state index in [1.54, 1.807) is 16.9 Å². The summed E-state index contributed by atoms with van der Waals surface area (Å²) < 4.78 is 1.70. The van der Waals surface area contributed by atoms with Crippen molar-refractivity contribution in [3.63, 3.8) is 0 Å². The van der Waals surface area contributed by atoms with Crippen LogP contribution in [0.2, 0.25) is 0 Å². The molecule has 7 nitrogen and oxygen atoms in total. The molecule has 0 bridgehead atoms. The Morgan fingerprint density at radius 2 is 1.77 bits per heavy atom. The smallest absolute Gasteiger partial charge is 0.272 e. The SMILES string of the molecule is O=C(c1ccnn1-c1ccccc1)N1CCCC(c2nc(-c3ccccc3)n[nH]2)C1. The van der Waals surface area contributed by atoms with Gasteiger partial charge in [0.25, 0.3) is 5.91 Å². The highest BCUT2D eigenvalue weighted by atomic mass is 16.2. The van der Waals surface area contributed by atoms with Crippen LogP contribution in [0.1, 0.15) is 35.1 Å². The highest BCUT2D eigenvalue weighted by Crippen LogP contribution is 2.27. The number of piperidine rings is 1. The Bertz CT molecular complexity index is 1130. The summed E-state index contributed by atoms with van der Waals surface area (Å²) in [4.78, 5) is 19.9. The Kier molecular flexibility index (Phi) is 4.85. The van der Waals surface area contributed by atoms with Gasteiger partial charge in [0.05, 0.1) is 11.9 Å². The Labute approximate surface area is 174 Å². The van der Waals surface area contributed by atoms with Crippen LogP contribution in [-0.2, 0) is 0 Å². The number of aromatic amines is 1. The van der Waals surface area contributed by atoms with Gasteiger partial charge in [0, 0.05) is 24.6 Å². The minimum atomic E-state index is -0.0103. The number of hydrogen-bond acceptors (Lipinski definition) is 4. The first-order chi connectivity index (χ1) is 14.8. The molecule has 0 saturated carbocycles. The molecule has 0 spiro atoms. The van der Waals surface area contributed by atoms with E-state index in [0.717, 1.165) is 36.5 Å². The molecule has 1 atom stereocenters. The topological polar surface area (TPSA) is 79.7 Å². The highest BCUT2D eigenvalue weighted by Gasteiger charge is 2.29. The van der Waals surface area contributed by atoms with Gasteiger partial charge < -0.3 is 4.90 Å². The summed E-state index contributed by atoms with van der Waals surface area (Å²) in [5, 5.41) is 11.8. The Balaban J connectivity index is 1.35. The van der Waals surface area contributed by atoms with Gasteiger partial charge in [-0.2, -0.15) is 10.2 Å². The summed E-state index contributed by atoms with van der Waals surface area (Å²) in [6.45, 7) is 1.34. The lowest BCUT2D eigenvalue weighted by atomic mass is 9.97. The van der Waals surface area contributed by atoms with E-state index >= 15 is 0 Å². The van der Waals surface area contributed by atoms with Crippen LogP contribution in [0.25, 0.3) is 17.1 Å². The fourth-order valence-electron chi connectivity index (χ4n) is 3.96. The summed E-state index contributed by atoms with van der Waals surface area (Å²) >= 11 is 0. The first kappa shape index (κ1) is 18.3. The number of carbonyl (C=O) groups is 1. The van der Waals surface area contributed by atoms with Crippen LogP contribution in [0.5, 0.6) is 0 Å². The standard InChI is InChI=1S/C23H22N6O/c30-23(20-13-14-24-29(20)19-11-5-2-6-12-19)28-15-7-10-18(16-28)22-25-21(26-27-22)17-8-3-1-4-9-17/h1-6,8-9,11-14,18H,7,10,15-16H2,(H,25,26,27). The van der Waals surface area contributed by atoms with Crippen molar-refractivity contribution in [1.82, 2.24) is 29.9 Å². The van der Waals surface area contributed by atoms with Crippen molar-refractivity contribution in [2.24, 2.45) is 0 Å². The van der Waals surface area contributed by atoms with Gasteiger partial charge in [-0.1, -0.05) is 48.5 Å². The molecule has 2 aromatic heterocycles. The maximum atomic E-state index is 13.3. The summed E-state index contributed by atoms with van der Waals surface area (Å²) in [7, 11) is 0. The average Bonchev–Trinajstić information content (AvgIpc) is 3.50. The zero-order chi connectivity index (χ0) is 20.3. The number of aromatic nitrogens is 5. The van der Waals surface area contributed by atoms with E-state index in [0.29, 0.717) is 18.1 Å². The Morgan fingerprint density at radius 1 is 1.00 bits per heavy atom. The molecule has 0 aliphatic carbocycles. The van der Waals surface area contributed by atoms with Gasteiger partial charge in [0.1, 0.15) is 11.5 Å². The third kappa shape index (κ3) is 3.50. The van der Waals surface area contributed by atoms with Gasteiger partial charge in [-0.05, 0) is 31.0 Å². The monoisotopic (exact) mass is 398 g/mol. The van der Waals surface area contributed by atoms with Gasteiger partial charge in [-0.15, -0.1) is 0 Å². The lowest BCUT2D eigenvalue weighted by molar-refractivity contribution is 0.0695. The highest BCUT2D eigenvalue weighted by molar-refractivity contribution is 5.93. The number of para-hydroxylation sites is 1. The average molecular weight is 398 g/mol. The molecule has 1 aliphatic heterocycles. The summed E-state index contributed by atoms with van der Waals surface area (Å²) in [6, 6.07) is 21.4. The van der Waals surface area contributed by atoms with Gasteiger partial charge in [-0.3, -0.25) is 9.89 Å². The molecule has 150 valence electrons. The van der Waals surface area contributed by atoms with E-state index in [4.69, 9.17) is 4.98 Å². The fourth-order valence-corrected chi connectivity index (χ4v) is 3.96. The Morgan fingerprint density at radius 3 is 2.57 bits per heavy atom.